The van der Waals surface area contributed by atoms with Gasteiger partial charge in [-0.05, 0) is 55.2 Å². The summed E-state index contributed by atoms with van der Waals surface area (Å²) in [7, 11) is 1.66. The molecule has 0 radical (unpaired) electrons. The lowest BCUT2D eigenvalue weighted by Crippen LogP contribution is -2.16. The zero-order valence-electron chi connectivity index (χ0n) is 11.9. The summed E-state index contributed by atoms with van der Waals surface area (Å²) in [5.41, 5.74) is 0.995. The van der Waals surface area contributed by atoms with Gasteiger partial charge in [-0.3, -0.25) is 4.79 Å². The molecule has 2 aliphatic rings. The monoisotopic (exact) mass is 336 g/mol. The topological polar surface area (TPSA) is 26.3 Å². The fraction of sp³-hybridized carbons (Fsp3) is 0.588. The molecule has 2 saturated carbocycles. The Bertz CT molecular complexity index is 512. The maximum absolute atomic E-state index is 12.4. The van der Waals surface area contributed by atoms with E-state index in [0.717, 1.165) is 34.0 Å². The average molecular weight is 337 g/mol. The molecule has 3 unspecified atom stereocenters. The molecule has 3 heteroatoms. The molecule has 2 fully saturated rings. The van der Waals surface area contributed by atoms with Crippen LogP contribution in [0.3, 0.4) is 0 Å². The molecule has 0 heterocycles. The quantitative estimate of drug-likeness (QED) is 0.796. The lowest BCUT2D eigenvalue weighted by molar-refractivity contribution is -0.119. The second-order valence-corrected chi connectivity index (χ2v) is 7.23. The first-order valence-corrected chi connectivity index (χ1v) is 8.29. The van der Waals surface area contributed by atoms with Crippen molar-refractivity contribution in [2.75, 3.05) is 7.11 Å². The third-order valence-electron chi connectivity index (χ3n) is 5.00. The maximum atomic E-state index is 12.4. The summed E-state index contributed by atoms with van der Waals surface area (Å²) in [6.45, 7) is 0. The van der Waals surface area contributed by atoms with E-state index in [-0.39, 0.29) is 0 Å². The van der Waals surface area contributed by atoms with Crippen LogP contribution in [-0.4, -0.2) is 12.9 Å². The number of halogens is 1. The zero-order valence-corrected chi connectivity index (χ0v) is 13.5. The van der Waals surface area contributed by atoms with Crippen molar-refractivity contribution < 1.29 is 9.53 Å². The van der Waals surface area contributed by atoms with Crippen LogP contribution in [0.5, 0.6) is 5.75 Å². The van der Waals surface area contributed by atoms with Gasteiger partial charge in [0.1, 0.15) is 11.5 Å². The molecule has 0 spiro atoms. The third-order valence-corrected chi connectivity index (χ3v) is 5.50. The van der Waals surface area contributed by atoms with Crippen molar-refractivity contribution in [3.63, 3.8) is 0 Å². The molecule has 1 aromatic rings. The zero-order chi connectivity index (χ0) is 14.1. The van der Waals surface area contributed by atoms with Crippen LogP contribution >= 0.6 is 15.9 Å². The molecule has 0 N–H and O–H groups in total. The van der Waals surface area contributed by atoms with E-state index in [1.165, 1.54) is 25.7 Å². The highest BCUT2D eigenvalue weighted by molar-refractivity contribution is 9.10. The Morgan fingerprint density at radius 2 is 2.20 bits per heavy atom. The Morgan fingerprint density at radius 1 is 1.35 bits per heavy atom. The molecule has 108 valence electrons. The smallest absolute Gasteiger partial charge is 0.137 e. The van der Waals surface area contributed by atoms with Crippen LogP contribution in [0.15, 0.2) is 22.7 Å². The van der Waals surface area contributed by atoms with Crippen LogP contribution < -0.4 is 4.74 Å². The molecule has 3 atom stereocenters. The van der Waals surface area contributed by atoms with E-state index in [1.54, 1.807) is 7.11 Å². The molecule has 2 nitrogen and oxygen atoms in total. The van der Waals surface area contributed by atoms with Crippen LogP contribution in [0.4, 0.5) is 0 Å². The molecule has 3 rings (SSSR count). The van der Waals surface area contributed by atoms with Gasteiger partial charge in [0, 0.05) is 22.9 Å². The summed E-state index contributed by atoms with van der Waals surface area (Å²) < 4.78 is 6.35. The van der Waals surface area contributed by atoms with Crippen molar-refractivity contribution in [3.8, 4) is 5.75 Å². The SMILES string of the molecule is COc1ccc(Br)cc1CC(=O)CC1CC2CCC1C2. The molecule has 0 aromatic heterocycles. The Kier molecular flexibility index (Phi) is 4.16. The van der Waals surface area contributed by atoms with Gasteiger partial charge in [0.15, 0.2) is 0 Å². The minimum atomic E-state index is 0.360. The summed E-state index contributed by atoms with van der Waals surface area (Å²) in [5, 5.41) is 0. The minimum Gasteiger partial charge on any atom is -0.496 e. The van der Waals surface area contributed by atoms with E-state index in [9.17, 15) is 4.79 Å². The number of carbonyl (C=O) groups excluding carboxylic acids is 1. The van der Waals surface area contributed by atoms with Crippen molar-refractivity contribution in [1.82, 2.24) is 0 Å². The maximum Gasteiger partial charge on any atom is 0.137 e. The van der Waals surface area contributed by atoms with Gasteiger partial charge in [-0.25, -0.2) is 0 Å². The summed E-state index contributed by atoms with van der Waals surface area (Å²) >= 11 is 3.46. The van der Waals surface area contributed by atoms with Crippen molar-refractivity contribution >= 4 is 21.7 Å². The van der Waals surface area contributed by atoms with Crippen LogP contribution in [0.2, 0.25) is 0 Å². The molecule has 2 bridgehead atoms. The fourth-order valence-corrected chi connectivity index (χ4v) is 4.50. The molecule has 0 saturated heterocycles. The van der Waals surface area contributed by atoms with Crippen LogP contribution in [-0.2, 0) is 11.2 Å². The van der Waals surface area contributed by atoms with Gasteiger partial charge in [0.05, 0.1) is 7.11 Å². The molecule has 0 amide bonds. The Morgan fingerprint density at radius 3 is 2.85 bits per heavy atom. The number of ether oxygens (including phenoxy) is 1. The largest absolute Gasteiger partial charge is 0.496 e. The predicted molar refractivity (Wildman–Crippen MR) is 83.0 cm³/mol. The Labute approximate surface area is 129 Å². The highest BCUT2D eigenvalue weighted by Gasteiger charge is 2.39. The van der Waals surface area contributed by atoms with E-state index in [1.807, 2.05) is 18.2 Å². The second-order valence-electron chi connectivity index (χ2n) is 6.31. The number of rotatable bonds is 5. The lowest BCUT2D eigenvalue weighted by Gasteiger charge is -2.20. The molecular formula is C17H21BrO2. The predicted octanol–water partition coefficient (Wildman–Crippen LogP) is 4.40. The van der Waals surface area contributed by atoms with Gasteiger partial charge in [-0.15, -0.1) is 0 Å². The standard InChI is InChI=1S/C17H21BrO2/c1-20-17-5-4-15(18)8-14(17)10-16(19)9-13-7-11-2-3-12(13)6-11/h4-5,8,11-13H,2-3,6-7,9-10H2,1H3. The lowest BCUT2D eigenvalue weighted by atomic mass is 9.84. The third kappa shape index (κ3) is 2.93. The van der Waals surface area contributed by atoms with Crippen molar-refractivity contribution in [2.24, 2.45) is 17.8 Å². The highest BCUT2D eigenvalue weighted by Crippen LogP contribution is 2.49. The van der Waals surface area contributed by atoms with Crippen molar-refractivity contribution in [2.45, 2.75) is 38.5 Å². The average Bonchev–Trinajstić information content (AvgIpc) is 3.01. The van der Waals surface area contributed by atoms with Gasteiger partial charge in [-0.2, -0.15) is 0 Å². The van der Waals surface area contributed by atoms with E-state index < -0.39 is 0 Å². The molecule has 0 aliphatic heterocycles. The highest BCUT2D eigenvalue weighted by atomic mass is 79.9. The number of methoxy groups -OCH3 is 1. The van der Waals surface area contributed by atoms with Gasteiger partial charge in [-0.1, -0.05) is 22.4 Å². The first-order chi connectivity index (χ1) is 9.65. The van der Waals surface area contributed by atoms with Gasteiger partial charge >= 0.3 is 0 Å². The van der Waals surface area contributed by atoms with Crippen LogP contribution in [0.25, 0.3) is 0 Å². The van der Waals surface area contributed by atoms with Crippen molar-refractivity contribution in [3.05, 3.63) is 28.2 Å². The van der Waals surface area contributed by atoms with Crippen LogP contribution in [0, 0.1) is 17.8 Å². The number of ketones is 1. The van der Waals surface area contributed by atoms with Gasteiger partial charge in [0.2, 0.25) is 0 Å². The van der Waals surface area contributed by atoms with E-state index in [0.29, 0.717) is 18.1 Å². The molecular weight excluding hydrogens is 316 g/mol. The number of carbonyl (C=O) groups is 1. The van der Waals surface area contributed by atoms with Gasteiger partial charge < -0.3 is 4.74 Å². The molecule has 2 aliphatic carbocycles. The normalized spacial score (nSPS) is 27.8. The number of Topliss-reactive ketones (excluding diaryl/α,β-unsaturated/α-hetero) is 1. The van der Waals surface area contributed by atoms with E-state index in [2.05, 4.69) is 15.9 Å². The van der Waals surface area contributed by atoms with Crippen LogP contribution in [0.1, 0.15) is 37.7 Å². The number of fused-ring (bicyclic) bond motifs is 2. The molecule has 20 heavy (non-hydrogen) atoms. The Hall–Kier alpha value is -0.830. The summed E-state index contributed by atoms with van der Waals surface area (Å²) in [6.07, 6.45) is 6.66. The fourth-order valence-electron chi connectivity index (χ4n) is 4.09. The first kappa shape index (κ1) is 14.1. The summed E-state index contributed by atoms with van der Waals surface area (Å²) in [5.74, 6) is 3.57. The summed E-state index contributed by atoms with van der Waals surface area (Å²) in [6, 6.07) is 5.87. The summed E-state index contributed by atoms with van der Waals surface area (Å²) in [4.78, 5) is 12.4. The van der Waals surface area contributed by atoms with Crippen molar-refractivity contribution in [1.29, 1.82) is 0 Å². The number of benzene rings is 1. The first-order valence-electron chi connectivity index (χ1n) is 7.50. The minimum absolute atomic E-state index is 0.360. The molecule has 1 aromatic carbocycles. The van der Waals surface area contributed by atoms with E-state index in [4.69, 9.17) is 4.74 Å². The van der Waals surface area contributed by atoms with Gasteiger partial charge in [0.25, 0.3) is 0 Å². The van der Waals surface area contributed by atoms with E-state index >= 15 is 0 Å². The second kappa shape index (κ2) is 5.88. The number of hydrogen-bond acceptors (Lipinski definition) is 2. The Balaban J connectivity index is 1.63. The number of hydrogen-bond donors (Lipinski definition) is 0.